The summed E-state index contributed by atoms with van der Waals surface area (Å²) in [5, 5.41) is 12.4. The van der Waals surface area contributed by atoms with Gasteiger partial charge in [-0.25, -0.2) is 0 Å². The zero-order valence-electron chi connectivity index (χ0n) is 13.8. The van der Waals surface area contributed by atoms with E-state index in [0.29, 0.717) is 28.2 Å². The van der Waals surface area contributed by atoms with Gasteiger partial charge in [-0.3, -0.25) is 14.3 Å². The summed E-state index contributed by atoms with van der Waals surface area (Å²) in [5.74, 6) is 0.736. The standard InChI is InChI=1S/C18H16ClN5OS/c1-2-11-24-17(13-7-9-20-10-8-13)22-23-18(24)26-12-16(25)21-15-6-4-3-5-14(15)19/h2-10H,1,11-12H2,(H,21,25). The van der Waals surface area contributed by atoms with Crippen LogP contribution in [0.15, 0.2) is 66.6 Å². The Kier molecular flexibility index (Phi) is 6.04. The van der Waals surface area contributed by atoms with Crippen molar-refractivity contribution in [1.82, 2.24) is 19.7 Å². The number of pyridine rings is 1. The van der Waals surface area contributed by atoms with Gasteiger partial charge >= 0.3 is 0 Å². The third-order valence-electron chi connectivity index (χ3n) is 3.45. The number of rotatable bonds is 7. The number of benzene rings is 1. The van der Waals surface area contributed by atoms with Crippen molar-refractivity contribution < 1.29 is 4.79 Å². The second-order valence-corrected chi connectivity index (χ2v) is 6.61. The maximum atomic E-state index is 12.2. The fourth-order valence-corrected chi connectivity index (χ4v) is 3.21. The highest BCUT2D eigenvalue weighted by Gasteiger charge is 2.15. The Morgan fingerprint density at radius 1 is 1.23 bits per heavy atom. The largest absolute Gasteiger partial charge is 0.324 e. The normalized spacial score (nSPS) is 10.5. The third kappa shape index (κ3) is 4.30. The van der Waals surface area contributed by atoms with Gasteiger partial charge < -0.3 is 5.32 Å². The van der Waals surface area contributed by atoms with E-state index >= 15 is 0 Å². The Morgan fingerprint density at radius 2 is 2.00 bits per heavy atom. The summed E-state index contributed by atoms with van der Waals surface area (Å²) in [4.78, 5) is 16.2. The van der Waals surface area contributed by atoms with Gasteiger partial charge in [0.2, 0.25) is 5.91 Å². The van der Waals surface area contributed by atoms with E-state index in [1.807, 2.05) is 28.8 Å². The van der Waals surface area contributed by atoms with E-state index in [4.69, 9.17) is 11.6 Å². The average molecular weight is 386 g/mol. The second-order valence-electron chi connectivity index (χ2n) is 5.26. The third-order valence-corrected chi connectivity index (χ3v) is 4.74. The number of halogens is 1. The smallest absolute Gasteiger partial charge is 0.234 e. The van der Waals surface area contributed by atoms with Crippen LogP contribution in [0.3, 0.4) is 0 Å². The van der Waals surface area contributed by atoms with Crippen molar-refractivity contribution >= 4 is 35.0 Å². The van der Waals surface area contributed by atoms with Crippen LogP contribution in [0.1, 0.15) is 0 Å². The highest BCUT2D eigenvalue weighted by Crippen LogP contribution is 2.25. The van der Waals surface area contributed by atoms with Gasteiger partial charge in [-0.15, -0.1) is 16.8 Å². The molecule has 2 heterocycles. The van der Waals surface area contributed by atoms with Crippen molar-refractivity contribution in [2.24, 2.45) is 0 Å². The molecule has 26 heavy (non-hydrogen) atoms. The zero-order chi connectivity index (χ0) is 18.4. The van der Waals surface area contributed by atoms with E-state index < -0.39 is 0 Å². The van der Waals surface area contributed by atoms with Crippen molar-refractivity contribution in [1.29, 1.82) is 0 Å². The second kappa shape index (κ2) is 8.64. The minimum Gasteiger partial charge on any atom is -0.324 e. The number of nitrogens with one attached hydrogen (secondary N) is 1. The van der Waals surface area contributed by atoms with Gasteiger partial charge in [0.15, 0.2) is 11.0 Å². The summed E-state index contributed by atoms with van der Waals surface area (Å²) in [7, 11) is 0. The quantitative estimate of drug-likeness (QED) is 0.493. The minimum absolute atomic E-state index is 0.165. The van der Waals surface area contributed by atoms with E-state index in [9.17, 15) is 4.79 Å². The van der Waals surface area contributed by atoms with Crippen molar-refractivity contribution in [2.45, 2.75) is 11.7 Å². The Hall–Kier alpha value is -2.64. The highest BCUT2D eigenvalue weighted by molar-refractivity contribution is 7.99. The number of aromatic nitrogens is 4. The number of amides is 1. The number of allylic oxidation sites excluding steroid dienone is 1. The van der Waals surface area contributed by atoms with E-state index in [1.54, 1.807) is 30.6 Å². The van der Waals surface area contributed by atoms with Crippen LogP contribution in [-0.2, 0) is 11.3 Å². The lowest BCUT2D eigenvalue weighted by Crippen LogP contribution is -2.15. The van der Waals surface area contributed by atoms with Gasteiger partial charge in [-0.05, 0) is 24.3 Å². The van der Waals surface area contributed by atoms with E-state index in [2.05, 4.69) is 27.1 Å². The Bertz CT molecular complexity index is 913. The molecule has 0 atom stereocenters. The van der Waals surface area contributed by atoms with Crippen LogP contribution in [0.4, 0.5) is 5.69 Å². The van der Waals surface area contributed by atoms with Crippen molar-refractivity contribution in [3.8, 4) is 11.4 Å². The highest BCUT2D eigenvalue weighted by atomic mass is 35.5. The molecule has 6 nitrogen and oxygen atoms in total. The summed E-state index contributed by atoms with van der Waals surface area (Å²) in [6.45, 7) is 4.32. The maximum Gasteiger partial charge on any atom is 0.234 e. The molecule has 1 N–H and O–H groups in total. The molecular formula is C18H16ClN5OS. The van der Waals surface area contributed by atoms with Crippen molar-refractivity contribution in [2.75, 3.05) is 11.1 Å². The Labute approximate surface area is 160 Å². The summed E-state index contributed by atoms with van der Waals surface area (Å²) in [6, 6.07) is 10.8. The number of hydrogen-bond acceptors (Lipinski definition) is 5. The van der Waals surface area contributed by atoms with E-state index in [-0.39, 0.29) is 11.7 Å². The number of carbonyl (C=O) groups is 1. The monoisotopic (exact) mass is 385 g/mol. The van der Waals surface area contributed by atoms with Gasteiger partial charge in [0, 0.05) is 24.5 Å². The van der Waals surface area contributed by atoms with Crippen LogP contribution in [0.25, 0.3) is 11.4 Å². The lowest BCUT2D eigenvalue weighted by atomic mass is 10.2. The predicted molar refractivity (Wildman–Crippen MR) is 104 cm³/mol. The molecule has 0 bridgehead atoms. The van der Waals surface area contributed by atoms with Gasteiger partial charge in [-0.1, -0.05) is 41.6 Å². The fourth-order valence-electron chi connectivity index (χ4n) is 2.28. The molecule has 0 saturated heterocycles. The summed E-state index contributed by atoms with van der Waals surface area (Å²) in [6.07, 6.45) is 5.17. The van der Waals surface area contributed by atoms with Crippen LogP contribution < -0.4 is 5.32 Å². The van der Waals surface area contributed by atoms with Crippen molar-refractivity contribution in [3.63, 3.8) is 0 Å². The average Bonchev–Trinajstić information content (AvgIpc) is 3.06. The molecule has 0 aliphatic heterocycles. The molecule has 8 heteroatoms. The van der Waals surface area contributed by atoms with Crippen LogP contribution in [0.2, 0.25) is 5.02 Å². The number of para-hydroxylation sites is 1. The van der Waals surface area contributed by atoms with Crippen LogP contribution >= 0.6 is 23.4 Å². The predicted octanol–water partition coefficient (Wildman–Crippen LogP) is 3.91. The molecule has 3 rings (SSSR count). The van der Waals surface area contributed by atoms with Gasteiger partial charge in [0.1, 0.15) is 0 Å². The first-order valence-electron chi connectivity index (χ1n) is 7.80. The number of carbonyl (C=O) groups excluding carboxylic acids is 1. The van der Waals surface area contributed by atoms with Crippen LogP contribution in [0, 0.1) is 0 Å². The first kappa shape index (κ1) is 18.2. The van der Waals surface area contributed by atoms with E-state index in [1.165, 1.54) is 11.8 Å². The molecule has 132 valence electrons. The van der Waals surface area contributed by atoms with Gasteiger partial charge in [0.25, 0.3) is 0 Å². The molecule has 0 radical (unpaired) electrons. The first-order valence-corrected chi connectivity index (χ1v) is 9.17. The summed E-state index contributed by atoms with van der Waals surface area (Å²) >= 11 is 7.37. The number of thioether (sulfide) groups is 1. The minimum atomic E-state index is -0.165. The van der Waals surface area contributed by atoms with Crippen LogP contribution in [-0.4, -0.2) is 31.4 Å². The molecule has 0 aliphatic rings. The molecule has 0 aliphatic carbocycles. The molecule has 0 fully saturated rings. The van der Waals surface area contributed by atoms with Gasteiger partial charge in [-0.2, -0.15) is 0 Å². The van der Waals surface area contributed by atoms with Gasteiger partial charge in [0.05, 0.1) is 16.5 Å². The number of hydrogen-bond donors (Lipinski definition) is 1. The lowest BCUT2D eigenvalue weighted by Gasteiger charge is -2.08. The fraction of sp³-hybridized carbons (Fsp3) is 0.111. The lowest BCUT2D eigenvalue weighted by molar-refractivity contribution is -0.113. The zero-order valence-corrected chi connectivity index (χ0v) is 15.4. The summed E-state index contributed by atoms with van der Waals surface area (Å²) < 4.78 is 1.91. The molecule has 2 aromatic heterocycles. The van der Waals surface area contributed by atoms with Crippen molar-refractivity contribution in [3.05, 3.63) is 66.5 Å². The molecule has 0 spiro atoms. The molecule has 0 saturated carbocycles. The molecule has 3 aromatic rings. The Balaban J connectivity index is 1.72. The first-order chi connectivity index (χ1) is 12.7. The van der Waals surface area contributed by atoms with Crippen LogP contribution in [0.5, 0.6) is 0 Å². The number of anilines is 1. The molecular weight excluding hydrogens is 370 g/mol. The molecule has 1 aromatic carbocycles. The maximum absolute atomic E-state index is 12.2. The Morgan fingerprint density at radius 3 is 2.73 bits per heavy atom. The number of nitrogens with zero attached hydrogens (tertiary/aromatic N) is 4. The molecule has 0 unspecified atom stereocenters. The summed E-state index contributed by atoms with van der Waals surface area (Å²) in [5.41, 5.74) is 1.49. The molecule has 1 amide bonds. The van der Waals surface area contributed by atoms with E-state index in [0.717, 1.165) is 5.56 Å². The topological polar surface area (TPSA) is 72.7 Å². The SMILES string of the molecule is C=CCn1c(SCC(=O)Nc2ccccc2Cl)nnc1-c1ccncc1.